The number of rotatable bonds is 43. The van der Waals surface area contributed by atoms with Crippen molar-refractivity contribution in [3.8, 4) is 0 Å². The molecular weight excluding hydrogens is 669 g/mol. The van der Waals surface area contributed by atoms with Crippen LogP contribution in [0.1, 0.15) is 233 Å². The highest BCUT2D eigenvalue weighted by atomic mass is 16.5. The van der Waals surface area contributed by atoms with Crippen LogP contribution in [-0.2, 0) is 19.1 Å². The fraction of sp³-hybridized carbons (Fsp3) is 0.958. The summed E-state index contributed by atoms with van der Waals surface area (Å²) in [5, 5.41) is 0. The van der Waals surface area contributed by atoms with E-state index >= 15 is 0 Å². The Labute approximate surface area is 338 Å². The summed E-state index contributed by atoms with van der Waals surface area (Å²) in [5.41, 5.74) is 0. The molecule has 2 unspecified atom stereocenters. The lowest BCUT2D eigenvalue weighted by molar-refractivity contribution is -0.146. The zero-order valence-corrected chi connectivity index (χ0v) is 37.6. The molecule has 6 heteroatoms. The van der Waals surface area contributed by atoms with Crippen LogP contribution in [0.15, 0.2) is 0 Å². The molecule has 0 bridgehead atoms. The Kier molecular flexibility index (Phi) is 40.6. The zero-order valence-electron chi connectivity index (χ0n) is 37.6. The van der Waals surface area contributed by atoms with Gasteiger partial charge in [0.1, 0.15) is 0 Å². The summed E-state index contributed by atoms with van der Waals surface area (Å²) in [4.78, 5) is 29.7. The van der Waals surface area contributed by atoms with E-state index in [1.807, 2.05) is 0 Å². The van der Waals surface area contributed by atoms with E-state index in [0.29, 0.717) is 37.9 Å². The second-order valence-electron chi connectivity index (χ2n) is 17.2. The number of esters is 2. The zero-order chi connectivity index (χ0) is 39.7. The van der Waals surface area contributed by atoms with Gasteiger partial charge in [-0.2, -0.15) is 0 Å². The van der Waals surface area contributed by atoms with Crippen molar-refractivity contribution in [3.05, 3.63) is 0 Å². The molecule has 0 aliphatic heterocycles. The molecule has 0 aromatic heterocycles. The van der Waals surface area contributed by atoms with Crippen LogP contribution < -0.4 is 0 Å². The molecule has 2 atom stereocenters. The molecular formula is C48H96N2O4. The number of hydrogen-bond donors (Lipinski definition) is 0. The molecule has 0 fully saturated rings. The smallest absolute Gasteiger partial charge is 0.305 e. The van der Waals surface area contributed by atoms with Crippen molar-refractivity contribution >= 4 is 11.9 Å². The molecule has 0 aromatic carbocycles. The number of unbranched alkanes of at least 4 members (excludes halogenated alkanes) is 20. The molecule has 54 heavy (non-hydrogen) atoms. The molecule has 0 amide bonds. The average Bonchev–Trinajstić information content (AvgIpc) is 3.16. The van der Waals surface area contributed by atoms with Crippen LogP contribution in [-0.4, -0.2) is 75.2 Å². The maximum atomic E-state index is 12.4. The summed E-state index contributed by atoms with van der Waals surface area (Å²) in [6.07, 6.45) is 38.4. The molecule has 0 N–H and O–H groups in total. The van der Waals surface area contributed by atoms with Crippen molar-refractivity contribution in [2.45, 2.75) is 233 Å². The fourth-order valence-electron chi connectivity index (χ4n) is 7.55. The average molecular weight is 765 g/mol. The van der Waals surface area contributed by atoms with Gasteiger partial charge in [-0.05, 0) is 90.4 Å². The molecule has 0 saturated carbocycles. The number of carbonyl (C=O) groups is 2. The van der Waals surface area contributed by atoms with Crippen molar-refractivity contribution < 1.29 is 19.1 Å². The minimum Gasteiger partial charge on any atom is -0.465 e. The van der Waals surface area contributed by atoms with Crippen LogP contribution in [0.5, 0.6) is 0 Å². The van der Waals surface area contributed by atoms with Gasteiger partial charge >= 0.3 is 11.9 Å². The van der Waals surface area contributed by atoms with E-state index in [2.05, 4.69) is 51.6 Å². The minimum atomic E-state index is 0.0198. The monoisotopic (exact) mass is 765 g/mol. The van der Waals surface area contributed by atoms with Gasteiger partial charge in [-0.15, -0.1) is 0 Å². The van der Waals surface area contributed by atoms with Crippen LogP contribution in [0, 0.1) is 11.8 Å². The Balaban J connectivity index is 3.97. The maximum absolute atomic E-state index is 12.4. The van der Waals surface area contributed by atoms with Gasteiger partial charge in [-0.3, -0.25) is 9.59 Å². The minimum absolute atomic E-state index is 0.0198. The normalized spacial score (nSPS) is 12.8. The summed E-state index contributed by atoms with van der Waals surface area (Å²) >= 11 is 0. The van der Waals surface area contributed by atoms with E-state index in [-0.39, 0.29) is 11.9 Å². The maximum Gasteiger partial charge on any atom is 0.305 e. The molecule has 0 aliphatic carbocycles. The van der Waals surface area contributed by atoms with Gasteiger partial charge in [0.15, 0.2) is 0 Å². The second kappa shape index (κ2) is 41.5. The first-order valence-electron chi connectivity index (χ1n) is 24.0. The van der Waals surface area contributed by atoms with Crippen molar-refractivity contribution in [1.29, 1.82) is 0 Å². The Morgan fingerprint density at radius 1 is 0.389 bits per heavy atom. The standard InChI is InChI=1S/C48H96N2O4/c1-7-11-15-27-35-45(33-13-9-3)43-53-47(51)37-29-23-19-17-21-25-31-39-50(42-41-49(5)6)40-32-26-22-18-20-24-30-38-48(52)54-44-46(34-14-10-4)36-28-16-12-8-2/h45-46H,7-44H2,1-6H3. The van der Waals surface area contributed by atoms with E-state index in [4.69, 9.17) is 9.47 Å². The first kappa shape index (κ1) is 52.9. The fourth-order valence-corrected chi connectivity index (χ4v) is 7.55. The lowest BCUT2D eigenvalue weighted by Crippen LogP contribution is -2.33. The highest BCUT2D eigenvalue weighted by Gasteiger charge is 2.13. The summed E-state index contributed by atoms with van der Waals surface area (Å²) in [7, 11) is 4.36. The first-order chi connectivity index (χ1) is 26.4. The SMILES string of the molecule is CCCCCCC(CCCC)COC(=O)CCCCCCCCCN(CCCCCCCCCC(=O)OCC(CCCC)CCCCCC)CCN(C)C. The summed E-state index contributed by atoms with van der Waals surface area (Å²) in [6.45, 7) is 15.0. The number of likely N-dealkylation sites (N-methyl/N-ethyl adjacent to an activating group) is 1. The summed E-state index contributed by atoms with van der Waals surface area (Å²) < 4.78 is 11.4. The third-order valence-electron chi connectivity index (χ3n) is 11.4. The second-order valence-corrected chi connectivity index (χ2v) is 17.2. The Morgan fingerprint density at radius 2 is 0.722 bits per heavy atom. The highest BCUT2D eigenvalue weighted by Crippen LogP contribution is 2.20. The predicted molar refractivity (Wildman–Crippen MR) is 234 cm³/mol. The van der Waals surface area contributed by atoms with Crippen LogP contribution in [0.2, 0.25) is 0 Å². The van der Waals surface area contributed by atoms with E-state index in [1.54, 1.807) is 0 Å². The van der Waals surface area contributed by atoms with Gasteiger partial charge in [0.05, 0.1) is 13.2 Å². The third-order valence-corrected chi connectivity index (χ3v) is 11.4. The lowest BCUT2D eigenvalue weighted by Gasteiger charge is -2.24. The molecule has 0 spiro atoms. The van der Waals surface area contributed by atoms with Crippen molar-refractivity contribution in [2.24, 2.45) is 11.8 Å². The molecule has 0 radical (unpaired) electrons. The van der Waals surface area contributed by atoms with Crippen LogP contribution in [0.4, 0.5) is 0 Å². The number of ether oxygens (including phenoxy) is 2. The Bertz CT molecular complexity index is 733. The molecule has 0 heterocycles. The van der Waals surface area contributed by atoms with Crippen LogP contribution in [0.3, 0.4) is 0 Å². The molecule has 6 nitrogen and oxygen atoms in total. The summed E-state index contributed by atoms with van der Waals surface area (Å²) in [6, 6.07) is 0. The highest BCUT2D eigenvalue weighted by molar-refractivity contribution is 5.69. The van der Waals surface area contributed by atoms with E-state index in [1.165, 1.54) is 180 Å². The quantitative estimate of drug-likeness (QED) is 0.0455. The van der Waals surface area contributed by atoms with Crippen LogP contribution in [0.25, 0.3) is 0 Å². The number of carbonyl (C=O) groups excluding carboxylic acids is 2. The van der Waals surface area contributed by atoms with Crippen molar-refractivity contribution in [2.75, 3.05) is 53.5 Å². The largest absolute Gasteiger partial charge is 0.465 e. The van der Waals surface area contributed by atoms with Gasteiger partial charge < -0.3 is 19.3 Å². The molecule has 0 aromatic rings. The molecule has 0 aliphatic rings. The van der Waals surface area contributed by atoms with E-state index in [0.717, 1.165) is 38.8 Å². The van der Waals surface area contributed by atoms with E-state index in [9.17, 15) is 9.59 Å². The molecule has 322 valence electrons. The topological polar surface area (TPSA) is 59.1 Å². The van der Waals surface area contributed by atoms with Crippen LogP contribution >= 0.6 is 0 Å². The van der Waals surface area contributed by atoms with Gasteiger partial charge in [0.2, 0.25) is 0 Å². The Morgan fingerprint density at radius 3 is 1.09 bits per heavy atom. The van der Waals surface area contributed by atoms with Gasteiger partial charge in [0, 0.05) is 25.9 Å². The third kappa shape index (κ3) is 37.8. The van der Waals surface area contributed by atoms with Crippen molar-refractivity contribution in [1.82, 2.24) is 9.80 Å². The van der Waals surface area contributed by atoms with Gasteiger partial charge in [-0.25, -0.2) is 0 Å². The number of hydrogen-bond acceptors (Lipinski definition) is 6. The van der Waals surface area contributed by atoms with Gasteiger partial charge in [0.25, 0.3) is 0 Å². The first-order valence-corrected chi connectivity index (χ1v) is 24.0. The Hall–Kier alpha value is -1.14. The number of nitrogens with zero attached hydrogens (tertiary/aromatic N) is 2. The van der Waals surface area contributed by atoms with Gasteiger partial charge in [-0.1, -0.05) is 169 Å². The van der Waals surface area contributed by atoms with E-state index < -0.39 is 0 Å². The molecule has 0 saturated heterocycles. The summed E-state index contributed by atoms with van der Waals surface area (Å²) in [5.74, 6) is 1.15. The predicted octanol–water partition coefficient (Wildman–Crippen LogP) is 13.7. The lowest BCUT2D eigenvalue weighted by atomic mass is 9.96. The molecule has 0 rings (SSSR count). The van der Waals surface area contributed by atoms with Crippen molar-refractivity contribution in [3.63, 3.8) is 0 Å².